The highest BCUT2D eigenvalue weighted by molar-refractivity contribution is 5.87. The van der Waals surface area contributed by atoms with Crippen LogP contribution >= 0.6 is 0 Å². The van der Waals surface area contributed by atoms with Crippen molar-refractivity contribution in [1.29, 1.82) is 0 Å². The van der Waals surface area contributed by atoms with E-state index in [1.54, 1.807) is 12.1 Å². The van der Waals surface area contributed by atoms with Gasteiger partial charge in [-0.1, -0.05) is 50.1 Å². The lowest BCUT2D eigenvalue weighted by atomic mass is 10.1. The second-order valence-electron chi connectivity index (χ2n) is 4.27. The molecular formula is C14H20N2O2. The Morgan fingerprint density at radius 1 is 1.22 bits per heavy atom. The maximum absolute atomic E-state index is 11.7. The molecule has 18 heavy (non-hydrogen) atoms. The van der Waals surface area contributed by atoms with Gasteiger partial charge in [0.05, 0.1) is 0 Å². The number of benzene rings is 1. The molecule has 0 unspecified atom stereocenters. The predicted molar refractivity (Wildman–Crippen MR) is 70.7 cm³/mol. The molecule has 0 saturated heterocycles. The number of carbonyl (C=O) groups excluding carboxylic acids is 2. The van der Waals surface area contributed by atoms with Crippen LogP contribution in [0.25, 0.3) is 0 Å². The molecule has 98 valence electrons. The second-order valence-corrected chi connectivity index (χ2v) is 4.27. The molecule has 2 amide bonds. The molecule has 0 saturated carbocycles. The largest absolute Gasteiger partial charge is 0.368 e. The zero-order valence-electron chi connectivity index (χ0n) is 10.7. The molecule has 0 aromatic heterocycles. The van der Waals surface area contributed by atoms with E-state index < -0.39 is 11.9 Å². The Hall–Kier alpha value is -1.84. The van der Waals surface area contributed by atoms with Crippen molar-refractivity contribution in [2.24, 2.45) is 5.73 Å². The van der Waals surface area contributed by atoms with Crippen LogP contribution < -0.4 is 11.1 Å². The summed E-state index contributed by atoms with van der Waals surface area (Å²) in [5.41, 5.74) is 6.03. The van der Waals surface area contributed by atoms with E-state index in [9.17, 15) is 9.59 Å². The molecule has 4 nitrogen and oxygen atoms in total. The lowest BCUT2D eigenvalue weighted by Gasteiger charge is -2.15. The minimum Gasteiger partial charge on any atom is -0.368 e. The van der Waals surface area contributed by atoms with E-state index in [4.69, 9.17) is 5.73 Å². The highest BCUT2D eigenvalue weighted by Crippen LogP contribution is 2.12. The van der Waals surface area contributed by atoms with Crippen molar-refractivity contribution < 1.29 is 9.59 Å². The fraction of sp³-hybridized carbons (Fsp3) is 0.429. The molecule has 0 radical (unpaired) electrons. The van der Waals surface area contributed by atoms with E-state index in [2.05, 4.69) is 12.2 Å². The standard InChI is InChI=1S/C14H20N2O2/c1-2-3-5-10-12(17)16-13(14(15)18)11-8-6-4-7-9-11/h4,6-9,13H,2-3,5,10H2,1H3,(H2,15,18)(H,16,17)/t13-/m0/s1. The molecule has 4 heteroatoms. The van der Waals surface area contributed by atoms with Crippen LogP contribution in [-0.2, 0) is 9.59 Å². The van der Waals surface area contributed by atoms with E-state index in [-0.39, 0.29) is 5.91 Å². The number of hydrogen-bond acceptors (Lipinski definition) is 2. The molecule has 0 aliphatic rings. The third-order valence-corrected chi connectivity index (χ3v) is 2.73. The van der Waals surface area contributed by atoms with Crippen molar-refractivity contribution in [2.45, 2.75) is 38.6 Å². The van der Waals surface area contributed by atoms with E-state index >= 15 is 0 Å². The molecule has 1 atom stereocenters. The van der Waals surface area contributed by atoms with Gasteiger partial charge >= 0.3 is 0 Å². The van der Waals surface area contributed by atoms with E-state index in [0.29, 0.717) is 12.0 Å². The third-order valence-electron chi connectivity index (χ3n) is 2.73. The summed E-state index contributed by atoms with van der Waals surface area (Å²) < 4.78 is 0. The summed E-state index contributed by atoms with van der Waals surface area (Å²) >= 11 is 0. The number of unbranched alkanes of at least 4 members (excludes halogenated alkanes) is 2. The van der Waals surface area contributed by atoms with Crippen LogP contribution in [0.1, 0.15) is 44.2 Å². The van der Waals surface area contributed by atoms with Crippen LogP contribution in [0.15, 0.2) is 30.3 Å². The molecule has 3 N–H and O–H groups in total. The van der Waals surface area contributed by atoms with Gasteiger partial charge in [-0.15, -0.1) is 0 Å². The first kappa shape index (κ1) is 14.2. The first-order chi connectivity index (χ1) is 8.65. The number of hydrogen-bond donors (Lipinski definition) is 2. The van der Waals surface area contributed by atoms with Crippen molar-refractivity contribution in [3.63, 3.8) is 0 Å². The molecule has 1 rings (SSSR count). The summed E-state index contributed by atoms with van der Waals surface area (Å²) in [5, 5.41) is 2.68. The molecule has 1 aromatic carbocycles. The molecule has 0 spiro atoms. The second kappa shape index (κ2) is 7.48. The fourth-order valence-electron chi connectivity index (χ4n) is 1.73. The minimum atomic E-state index is -0.736. The Labute approximate surface area is 108 Å². The SMILES string of the molecule is CCCCCC(=O)N[C@H](C(N)=O)c1ccccc1. The first-order valence-corrected chi connectivity index (χ1v) is 6.28. The molecule has 0 fully saturated rings. The monoisotopic (exact) mass is 248 g/mol. The maximum Gasteiger partial charge on any atom is 0.244 e. The smallest absolute Gasteiger partial charge is 0.244 e. The van der Waals surface area contributed by atoms with Gasteiger partial charge in [-0.2, -0.15) is 0 Å². The van der Waals surface area contributed by atoms with Gasteiger partial charge in [-0.3, -0.25) is 9.59 Å². The highest BCUT2D eigenvalue weighted by Gasteiger charge is 2.19. The van der Waals surface area contributed by atoms with Crippen molar-refractivity contribution >= 4 is 11.8 Å². The zero-order chi connectivity index (χ0) is 13.4. The number of primary amides is 1. The van der Waals surface area contributed by atoms with Crippen LogP contribution in [0, 0.1) is 0 Å². The number of amides is 2. The lowest BCUT2D eigenvalue weighted by molar-refractivity contribution is -0.127. The lowest BCUT2D eigenvalue weighted by Crippen LogP contribution is -2.37. The molecule has 0 bridgehead atoms. The molecule has 0 aliphatic heterocycles. The summed E-state index contributed by atoms with van der Waals surface area (Å²) in [4.78, 5) is 23.1. The van der Waals surface area contributed by atoms with E-state index in [1.165, 1.54) is 0 Å². The van der Waals surface area contributed by atoms with Gasteiger partial charge in [0.15, 0.2) is 0 Å². The highest BCUT2D eigenvalue weighted by atomic mass is 16.2. The van der Waals surface area contributed by atoms with Crippen molar-refractivity contribution in [2.75, 3.05) is 0 Å². The third kappa shape index (κ3) is 4.57. The maximum atomic E-state index is 11.7. The Morgan fingerprint density at radius 3 is 2.44 bits per heavy atom. The van der Waals surface area contributed by atoms with Crippen LogP contribution in [0.3, 0.4) is 0 Å². The number of rotatable bonds is 7. The summed E-state index contributed by atoms with van der Waals surface area (Å²) in [5.74, 6) is -0.666. The van der Waals surface area contributed by atoms with Gasteiger partial charge < -0.3 is 11.1 Å². The predicted octanol–water partition coefficient (Wildman–Crippen LogP) is 1.91. The van der Waals surface area contributed by atoms with Crippen molar-refractivity contribution in [3.05, 3.63) is 35.9 Å². The van der Waals surface area contributed by atoms with Gasteiger partial charge in [-0.05, 0) is 12.0 Å². The number of nitrogens with one attached hydrogen (secondary N) is 1. The van der Waals surface area contributed by atoms with E-state index in [0.717, 1.165) is 19.3 Å². The quantitative estimate of drug-likeness (QED) is 0.723. The average molecular weight is 248 g/mol. The normalized spacial score (nSPS) is 11.8. The van der Waals surface area contributed by atoms with Crippen molar-refractivity contribution in [3.8, 4) is 0 Å². The van der Waals surface area contributed by atoms with Crippen LogP contribution in [0.2, 0.25) is 0 Å². The first-order valence-electron chi connectivity index (χ1n) is 6.28. The minimum absolute atomic E-state index is 0.129. The summed E-state index contributed by atoms with van der Waals surface area (Å²) in [6.45, 7) is 2.08. The summed E-state index contributed by atoms with van der Waals surface area (Å²) in [6, 6.07) is 8.30. The van der Waals surface area contributed by atoms with Crippen molar-refractivity contribution in [1.82, 2.24) is 5.32 Å². The van der Waals surface area contributed by atoms with Gasteiger partial charge in [0, 0.05) is 6.42 Å². The summed E-state index contributed by atoms with van der Waals surface area (Å²) in [7, 11) is 0. The Bertz CT molecular complexity index is 390. The van der Waals surface area contributed by atoms with Gasteiger partial charge in [-0.25, -0.2) is 0 Å². The van der Waals surface area contributed by atoms with Gasteiger partial charge in [0.25, 0.3) is 0 Å². The number of nitrogens with two attached hydrogens (primary N) is 1. The van der Waals surface area contributed by atoms with Gasteiger partial charge in [0.1, 0.15) is 6.04 Å². The zero-order valence-corrected chi connectivity index (χ0v) is 10.7. The van der Waals surface area contributed by atoms with Crippen LogP contribution in [0.4, 0.5) is 0 Å². The van der Waals surface area contributed by atoms with Gasteiger partial charge in [0.2, 0.25) is 11.8 Å². The van der Waals surface area contributed by atoms with Crippen LogP contribution in [0.5, 0.6) is 0 Å². The molecular weight excluding hydrogens is 228 g/mol. The molecule has 0 heterocycles. The Kier molecular flexibility index (Phi) is 5.91. The molecule has 1 aromatic rings. The Morgan fingerprint density at radius 2 is 1.89 bits per heavy atom. The number of carbonyl (C=O) groups is 2. The van der Waals surface area contributed by atoms with Crippen LogP contribution in [-0.4, -0.2) is 11.8 Å². The Balaban J connectivity index is 2.59. The average Bonchev–Trinajstić information content (AvgIpc) is 2.37. The summed E-state index contributed by atoms with van der Waals surface area (Å²) in [6.07, 6.45) is 3.35. The fourth-order valence-corrected chi connectivity index (χ4v) is 1.73. The topological polar surface area (TPSA) is 72.2 Å². The molecule has 0 aliphatic carbocycles. The van der Waals surface area contributed by atoms with E-state index in [1.807, 2.05) is 18.2 Å².